The molecule has 31 heavy (non-hydrogen) atoms. The Morgan fingerprint density at radius 3 is 2.26 bits per heavy atom. The smallest absolute Gasteiger partial charge is 0.325 e. The number of amides is 1. The Morgan fingerprint density at radius 1 is 0.968 bits per heavy atom. The minimum atomic E-state index is -0.542. The van der Waals surface area contributed by atoms with Gasteiger partial charge in [-0.25, -0.2) is 4.68 Å². The number of ether oxygens (including phenoxy) is 3. The number of benzene rings is 2. The standard InChI is InChI=1S/C22H24N4O5/c1-29-18-9-17(10-19(11-18)30-2)12-25(15-21(27)31-3)22(28)20-14-26(24-23-20)13-16-7-5-4-6-8-16/h4-11,14H,12-13,15H2,1-3H3. The first-order valence-electron chi connectivity index (χ1n) is 9.54. The molecule has 0 aliphatic carbocycles. The van der Waals surface area contributed by atoms with Gasteiger partial charge in [-0.05, 0) is 23.3 Å². The van der Waals surface area contributed by atoms with Gasteiger partial charge < -0.3 is 19.1 Å². The molecule has 0 unspecified atom stereocenters. The van der Waals surface area contributed by atoms with Gasteiger partial charge >= 0.3 is 5.97 Å². The van der Waals surface area contributed by atoms with Crippen molar-refractivity contribution in [2.75, 3.05) is 27.9 Å². The Labute approximate surface area is 180 Å². The van der Waals surface area contributed by atoms with Gasteiger partial charge in [0, 0.05) is 12.6 Å². The molecule has 0 bridgehead atoms. The van der Waals surface area contributed by atoms with Crippen LogP contribution in [-0.2, 0) is 22.6 Å². The van der Waals surface area contributed by atoms with E-state index in [0.29, 0.717) is 18.0 Å². The summed E-state index contributed by atoms with van der Waals surface area (Å²) in [7, 11) is 4.36. The molecule has 1 aromatic heterocycles. The Bertz CT molecular complexity index is 1010. The minimum Gasteiger partial charge on any atom is -0.497 e. The molecule has 0 radical (unpaired) electrons. The molecule has 0 fully saturated rings. The van der Waals surface area contributed by atoms with Crippen LogP contribution < -0.4 is 9.47 Å². The number of hydrogen-bond acceptors (Lipinski definition) is 7. The lowest BCUT2D eigenvalue weighted by atomic mass is 10.1. The number of aromatic nitrogens is 3. The van der Waals surface area contributed by atoms with Gasteiger partial charge in [0.1, 0.15) is 18.0 Å². The Hall–Kier alpha value is -3.88. The second kappa shape index (κ2) is 10.2. The molecule has 1 heterocycles. The van der Waals surface area contributed by atoms with Crippen molar-refractivity contribution in [1.29, 1.82) is 0 Å². The first-order valence-corrected chi connectivity index (χ1v) is 9.54. The number of methoxy groups -OCH3 is 3. The molecule has 0 aliphatic rings. The largest absolute Gasteiger partial charge is 0.497 e. The molecular weight excluding hydrogens is 400 g/mol. The van der Waals surface area contributed by atoms with E-state index in [1.54, 1.807) is 43.3 Å². The number of hydrogen-bond donors (Lipinski definition) is 0. The van der Waals surface area contributed by atoms with E-state index in [1.807, 2.05) is 30.3 Å². The molecule has 0 aliphatic heterocycles. The Balaban J connectivity index is 1.82. The highest BCUT2D eigenvalue weighted by Crippen LogP contribution is 2.24. The maximum Gasteiger partial charge on any atom is 0.325 e. The third kappa shape index (κ3) is 5.81. The zero-order chi connectivity index (χ0) is 22.2. The van der Waals surface area contributed by atoms with Crippen LogP contribution in [0.3, 0.4) is 0 Å². The number of carbonyl (C=O) groups excluding carboxylic acids is 2. The van der Waals surface area contributed by atoms with E-state index in [1.165, 1.54) is 12.0 Å². The maximum absolute atomic E-state index is 13.1. The van der Waals surface area contributed by atoms with Crippen LogP contribution in [-0.4, -0.2) is 59.6 Å². The molecule has 0 N–H and O–H groups in total. The van der Waals surface area contributed by atoms with Crippen molar-refractivity contribution in [2.45, 2.75) is 13.1 Å². The number of rotatable bonds is 9. The van der Waals surface area contributed by atoms with Gasteiger partial charge in [0.25, 0.3) is 5.91 Å². The van der Waals surface area contributed by atoms with Crippen LogP contribution in [0.2, 0.25) is 0 Å². The topological polar surface area (TPSA) is 95.8 Å². The van der Waals surface area contributed by atoms with Crippen molar-refractivity contribution < 1.29 is 23.8 Å². The fourth-order valence-electron chi connectivity index (χ4n) is 3.00. The normalized spacial score (nSPS) is 10.4. The lowest BCUT2D eigenvalue weighted by Gasteiger charge is -2.21. The summed E-state index contributed by atoms with van der Waals surface area (Å²) in [5, 5.41) is 8.03. The van der Waals surface area contributed by atoms with Gasteiger partial charge in [-0.15, -0.1) is 5.10 Å². The SMILES string of the molecule is COC(=O)CN(Cc1cc(OC)cc(OC)c1)C(=O)c1cn(Cc2ccccc2)nn1. The van der Waals surface area contributed by atoms with E-state index in [4.69, 9.17) is 14.2 Å². The fourth-order valence-corrected chi connectivity index (χ4v) is 3.00. The minimum absolute atomic E-state index is 0.132. The molecule has 3 rings (SSSR count). The summed E-state index contributed by atoms with van der Waals surface area (Å²) in [4.78, 5) is 26.4. The highest BCUT2D eigenvalue weighted by Gasteiger charge is 2.23. The van der Waals surface area contributed by atoms with Crippen molar-refractivity contribution in [2.24, 2.45) is 0 Å². The summed E-state index contributed by atoms with van der Waals surface area (Å²) >= 11 is 0. The maximum atomic E-state index is 13.1. The van der Waals surface area contributed by atoms with Crippen molar-refractivity contribution >= 4 is 11.9 Å². The van der Waals surface area contributed by atoms with Crippen molar-refractivity contribution in [3.05, 3.63) is 71.5 Å². The van der Waals surface area contributed by atoms with Gasteiger partial charge in [-0.3, -0.25) is 9.59 Å². The molecule has 0 spiro atoms. The van der Waals surface area contributed by atoms with Crippen LogP contribution in [0.5, 0.6) is 11.5 Å². The predicted octanol–water partition coefficient (Wildman–Crippen LogP) is 2.16. The number of esters is 1. The highest BCUT2D eigenvalue weighted by atomic mass is 16.5. The first kappa shape index (κ1) is 21.8. The van der Waals surface area contributed by atoms with Crippen LogP contribution >= 0.6 is 0 Å². The molecule has 0 saturated carbocycles. The summed E-state index contributed by atoms with van der Waals surface area (Å²) in [5.74, 6) is 0.175. The second-order valence-electron chi connectivity index (χ2n) is 6.75. The molecule has 9 nitrogen and oxygen atoms in total. The Kier molecular flexibility index (Phi) is 7.21. The quantitative estimate of drug-likeness (QED) is 0.486. The molecule has 0 saturated heterocycles. The fraction of sp³-hybridized carbons (Fsp3) is 0.273. The molecule has 2 aromatic carbocycles. The van der Waals surface area contributed by atoms with E-state index < -0.39 is 11.9 Å². The zero-order valence-electron chi connectivity index (χ0n) is 17.6. The third-order valence-corrected chi connectivity index (χ3v) is 4.56. The van der Waals surface area contributed by atoms with Gasteiger partial charge in [-0.1, -0.05) is 35.5 Å². The lowest BCUT2D eigenvalue weighted by Crippen LogP contribution is -2.36. The first-order chi connectivity index (χ1) is 15.0. The number of carbonyl (C=O) groups is 2. The average Bonchev–Trinajstić information content (AvgIpc) is 3.26. The third-order valence-electron chi connectivity index (χ3n) is 4.56. The summed E-state index contributed by atoms with van der Waals surface area (Å²) in [6.07, 6.45) is 1.56. The molecular formula is C22H24N4O5. The van der Waals surface area contributed by atoms with E-state index >= 15 is 0 Å². The average molecular weight is 424 g/mol. The Morgan fingerprint density at radius 2 is 1.65 bits per heavy atom. The van der Waals surface area contributed by atoms with E-state index in [0.717, 1.165) is 11.1 Å². The van der Waals surface area contributed by atoms with Crippen molar-refractivity contribution in [3.8, 4) is 11.5 Å². The summed E-state index contributed by atoms with van der Waals surface area (Å²) in [6, 6.07) is 15.0. The second-order valence-corrected chi connectivity index (χ2v) is 6.75. The summed E-state index contributed by atoms with van der Waals surface area (Å²) in [6.45, 7) is 0.374. The molecule has 1 amide bonds. The van der Waals surface area contributed by atoms with Crippen LogP contribution in [0.1, 0.15) is 21.6 Å². The number of nitrogens with zero attached hydrogens (tertiary/aromatic N) is 4. The van der Waals surface area contributed by atoms with E-state index in [9.17, 15) is 9.59 Å². The summed E-state index contributed by atoms with van der Waals surface area (Å²) in [5.41, 5.74) is 1.89. The van der Waals surface area contributed by atoms with E-state index in [-0.39, 0.29) is 18.8 Å². The molecule has 162 valence electrons. The monoisotopic (exact) mass is 424 g/mol. The predicted molar refractivity (Wildman–Crippen MR) is 112 cm³/mol. The van der Waals surface area contributed by atoms with Gasteiger partial charge in [0.2, 0.25) is 0 Å². The van der Waals surface area contributed by atoms with Crippen LogP contribution in [0.15, 0.2) is 54.7 Å². The van der Waals surface area contributed by atoms with Crippen LogP contribution in [0, 0.1) is 0 Å². The van der Waals surface area contributed by atoms with Crippen molar-refractivity contribution in [3.63, 3.8) is 0 Å². The van der Waals surface area contributed by atoms with E-state index in [2.05, 4.69) is 10.3 Å². The summed E-state index contributed by atoms with van der Waals surface area (Å²) < 4.78 is 16.9. The molecule has 9 heteroatoms. The zero-order valence-corrected chi connectivity index (χ0v) is 17.6. The van der Waals surface area contributed by atoms with Gasteiger partial charge in [0.05, 0.1) is 34.1 Å². The lowest BCUT2D eigenvalue weighted by molar-refractivity contribution is -0.141. The van der Waals surface area contributed by atoms with Gasteiger partial charge in [0.15, 0.2) is 5.69 Å². The van der Waals surface area contributed by atoms with Gasteiger partial charge in [-0.2, -0.15) is 0 Å². The van der Waals surface area contributed by atoms with Crippen LogP contribution in [0.25, 0.3) is 0 Å². The van der Waals surface area contributed by atoms with Crippen LogP contribution in [0.4, 0.5) is 0 Å². The van der Waals surface area contributed by atoms with Crippen molar-refractivity contribution in [1.82, 2.24) is 19.9 Å². The molecule has 3 aromatic rings. The highest BCUT2D eigenvalue weighted by molar-refractivity contribution is 5.94. The molecule has 0 atom stereocenters.